The Morgan fingerprint density at radius 3 is 3.10 bits per heavy atom. The molecule has 2 heterocycles. The van der Waals surface area contributed by atoms with Gasteiger partial charge in [0.15, 0.2) is 0 Å². The average molecular weight is 287 g/mol. The first-order chi connectivity index (χ1) is 10.3. The largest absolute Gasteiger partial charge is 0.374 e. The Hall–Kier alpha value is -1.76. The average Bonchev–Trinajstić information content (AvgIpc) is 3.02. The quantitative estimate of drug-likeness (QED) is 0.877. The van der Waals surface area contributed by atoms with Crippen LogP contribution < -0.4 is 5.32 Å². The lowest BCUT2D eigenvalue weighted by Crippen LogP contribution is -2.44. The van der Waals surface area contributed by atoms with E-state index in [1.54, 1.807) is 17.3 Å². The highest BCUT2D eigenvalue weighted by Gasteiger charge is 2.17. The molecule has 1 N–H and O–H groups in total. The fourth-order valence-corrected chi connectivity index (χ4v) is 2.57. The smallest absolute Gasteiger partial charge is 0.138 e. The molecule has 112 valence electrons. The minimum atomic E-state index is 0.266. The number of morpholine rings is 1. The van der Waals surface area contributed by atoms with E-state index in [-0.39, 0.29) is 6.10 Å². The van der Waals surface area contributed by atoms with Gasteiger partial charge in [-0.25, -0.2) is 9.67 Å². The Bertz CT molecular complexity index is 557. The second-order valence-electron chi connectivity index (χ2n) is 5.35. The van der Waals surface area contributed by atoms with Crippen molar-refractivity contribution in [2.45, 2.75) is 12.6 Å². The fourth-order valence-electron chi connectivity index (χ4n) is 2.57. The van der Waals surface area contributed by atoms with Gasteiger partial charge in [-0.1, -0.05) is 18.2 Å². The van der Waals surface area contributed by atoms with Crippen LogP contribution in [0.4, 0.5) is 0 Å². The van der Waals surface area contributed by atoms with Gasteiger partial charge >= 0.3 is 0 Å². The van der Waals surface area contributed by atoms with Crippen LogP contribution in [0.5, 0.6) is 0 Å². The zero-order chi connectivity index (χ0) is 14.5. The lowest BCUT2D eigenvalue weighted by atomic mass is 10.1. The minimum absolute atomic E-state index is 0.266. The Labute approximate surface area is 124 Å². The van der Waals surface area contributed by atoms with Crippen molar-refractivity contribution in [2.75, 3.05) is 33.3 Å². The Kier molecular flexibility index (Phi) is 4.59. The summed E-state index contributed by atoms with van der Waals surface area (Å²) in [6.07, 6.45) is 3.54. The molecule has 3 rings (SSSR count). The van der Waals surface area contributed by atoms with E-state index in [9.17, 15) is 0 Å². The van der Waals surface area contributed by atoms with Gasteiger partial charge in [0, 0.05) is 26.2 Å². The van der Waals surface area contributed by atoms with E-state index in [1.807, 2.05) is 12.1 Å². The first kappa shape index (κ1) is 14.2. The molecule has 1 saturated heterocycles. The molecule has 1 atom stereocenters. The van der Waals surface area contributed by atoms with E-state index in [0.29, 0.717) is 0 Å². The SMILES string of the molecule is CN1CCO[C@@H](CNCc2ccccc2-n2cncn2)C1. The third-order valence-electron chi connectivity index (χ3n) is 3.69. The van der Waals surface area contributed by atoms with Crippen LogP contribution in [0, 0.1) is 0 Å². The molecule has 1 aliphatic heterocycles. The highest BCUT2D eigenvalue weighted by molar-refractivity contribution is 5.39. The Morgan fingerprint density at radius 1 is 1.38 bits per heavy atom. The summed E-state index contributed by atoms with van der Waals surface area (Å²) < 4.78 is 7.55. The molecule has 0 radical (unpaired) electrons. The molecular formula is C15H21N5O. The van der Waals surface area contributed by atoms with Gasteiger partial charge in [0.05, 0.1) is 18.4 Å². The second-order valence-corrected chi connectivity index (χ2v) is 5.35. The van der Waals surface area contributed by atoms with Crippen LogP contribution in [0.2, 0.25) is 0 Å². The zero-order valence-electron chi connectivity index (χ0n) is 12.3. The van der Waals surface area contributed by atoms with Crippen LogP contribution in [-0.2, 0) is 11.3 Å². The van der Waals surface area contributed by atoms with Crippen molar-refractivity contribution < 1.29 is 4.74 Å². The molecule has 1 aromatic carbocycles. The number of hydrogen-bond donors (Lipinski definition) is 1. The van der Waals surface area contributed by atoms with Crippen molar-refractivity contribution in [1.82, 2.24) is 25.0 Å². The van der Waals surface area contributed by atoms with Gasteiger partial charge in [-0.2, -0.15) is 5.10 Å². The van der Waals surface area contributed by atoms with Crippen molar-refractivity contribution in [3.63, 3.8) is 0 Å². The number of likely N-dealkylation sites (N-methyl/N-ethyl adjacent to an activating group) is 1. The first-order valence-electron chi connectivity index (χ1n) is 7.26. The van der Waals surface area contributed by atoms with Crippen LogP contribution >= 0.6 is 0 Å². The number of benzene rings is 1. The highest BCUT2D eigenvalue weighted by atomic mass is 16.5. The third kappa shape index (κ3) is 3.66. The van der Waals surface area contributed by atoms with E-state index in [1.165, 1.54) is 5.56 Å². The first-order valence-corrected chi connectivity index (χ1v) is 7.26. The van der Waals surface area contributed by atoms with Gasteiger partial charge in [0.2, 0.25) is 0 Å². The summed E-state index contributed by atoms with van der Waals surface area (Å²) in [4.78, 5) is 6.31. The van der Waals surface area contributed by atoms with Crippen molar-refractivity contribution >= 4 is 0 Å². The fraction of sp³-hybridized carbons (Fsp3) is 0.467. The van der Waals surface area contributed by atoms with Gasteiger partial charge < -0.3 is 15.0 Å². The maximum absolute atomic E-state index is 5.76. The molecule has 0 amide bonds. The summed E-state index contributed by atoms with van der Waals surface area (Å²) in [6.45, 7) is 4.47. The van der Waals surface area contributed by atoms with Crippen LogP contribution in [0.15, 0.2) is 36.9 Å². The van der Waals surface area contributed by atoms with Crippen LogP contribution in [0.25, 0.3) is 5.69 Å². The van der Waals surface area contributed by atoms with Crippen molar-refractivity contribution in [3.05, 3.63) is 42.5 Å². The summed E-state index contributed by atoms with van der Waals surface area (Å²) in [5.41, 5.74) is 2.26. The summed E-state index contributed by atoms with van der Waals surface area (Å²) in [7, 11) is 2.13. The van der Waals surface area contributed by atoms with E-state index in [2.05, 4.69) is 39.5 Å². The molecule has 1 aromatic heterocycles. The molecular weight excluding hydrogens is 266 g/mol. The van der Waals surface area contributed by atoms with Gasteiger partial charge in [0.25, 0.3) is 0 Å². The number of nitrogens with one attached hydrogen (secondary N) is 1. The molecule has 1 fully saturated rings. The summed E-state index contributed by atoms with van der Waals surface area (Å²) in [6, 6.07) is 8.22. The maximum Gasteiger partial charge on any atom is 0.138 e. The van der Waals surface area contributed by atoms with Gasteiger partial charge in [0.1, 0.15) is 12.7 Å². The van der Waals surface area contributed by atoms with Crippen molar-refractivity contribution in [2.24, 2.45) is 0 Å². The second kappa shape index (κ2) is 6.80. The Morgan fingerprint density at radius 2 is 2.29 bits per heavy atom. The molecule has 6 heteroatoms. The lowest BCUT2D eigenvalue weighted by Gasteiger charge is -2.30. The minimum Gasteiger partial charge on any atom is -0.374 e. The van der Waals surface area contributed by atoms with Gasteiger partial charge in [-0.05, 0) is 18.7 Å². The molecule has 0 saturated carbocycles. The number of aromatic nitrogens is 3. The molecule has 2 aromatic rings. The van der Waals surface area contributed by atoms with E-state index in [4.69, 9.17) is 4.74 Å². The highest BCUT2D eigenvalue weighted by Crippen LogP contribution is 2.12. The zero-order valence-corrected chi connectivity index (χ0v) is 12.3. The summed E-state index contributed by atoms with van der Waals surface area (Å²) in [5.74, 6) is 0. The third-order valence-corrected chi connectivity index (χ3v) is 3.69. The molecule has 0 bridgehead atoms. The Balaban J connectivity index is 1.58. The van der Waals surface area contributed by atoms with Crippen molar-refractivity contribution in [1.29, 1.82) is 0 Å². The number of para-hydroxylation sites is 1. The monoisotopic (exact) mass is 287 g/mol. The molecule has 0 unspecified atom stereocenters. The van der Waals surface area contributed by atoms with Gasteiger partial charge in [-0.15, -0.1) is 0 Å². The number of nitrogens with zero attached hydrogens (tertiary/aromatic N) is 4. The van der Waals surface area contributed by atoms with E-state index in [0.717, 1.165) is 38.5 Å². The lowest BCUT2D eigenvalue weighted by molar-refractivity contribution is -0.0182. The number of rotatable bonds is 5. The summed E-state index contributed by atoms with van der Waals surface area (Å²) in [5, 5.41) is 7.68. The molecule has 6 nitrogen and oxygen atoms in total. The number of hydrogen-bond acceptors (Lipinski definition) is 5. The van der Waals surface area contributed by atoms with Crippen LogP contribution in [0.1, 0.15) is 5.56 Å². The van der Waals surface area contributed by atoms with Crippen molar-refractivity contribution in [3.8, 4) is 5.69 Å². The molecule has 0 aliphatic carbocycles. The standard InChI is InChI=1S/C15H21N5O/c1-19-6-7-21-14(10-19)9-16-8-13-4-2-3-5-15(13)20-12-17-11-18-20/h2-5,11-12,14,16H,6-10H2,1H3/t14-/m0/s1. The van der Waals surface area contributed by atoms with Gasteiger partial charge in [-0.3, -0.25) is 0 Å². The van der Waals surface area contributed by atoms with Crippen LogP contribution in [-0.4, -0.2) is 59.1 Å². The maximum atomic E-state index is 5.76. The predicted molar refractivity (Wildman–Crippen MR) is 80.3 cm³/mol. The predicted octanol–water partition coefficient (Wildman–Crippen LogP) is 0.687. The number of ether oxygens (including phenoxy) is 1. The topological polar surface area (TPSA) is 55.2 Å². The molecule has 0 spiro atoms. The molecule has 21 heavy (non-hydrogen) atoms. The van der Waals surface area contributed by atoms with Crippen LogP contribution in [0.3, 0.4) is 0 Å². The normalized spacial score (nSPS) is 19.8. The summed E-state index contributed by atoms with van der Waals surface area (Å²) >= 11 is 0. The molecule has 1 aliphatic rings. The van der Waals surface area contributed by atoms with E-state index >= 15 is 0 Å². The van der Waals surface area contributed by atoms with E-state index < -0.39 is 0 Å².